The van der Waals surface area contributed by atoms with Gasteiger partial charge in [0.15, 0.2) is 0 Å². The Morgan fingerprint density at radius 1 is 1.44 bits per heavy atom. The molecule has 0 spiro atoms. The third-order valence-electron chi connectivity index (χ3n) is 2.18. The molecule has 0 bridgehead atoms. The molecule has 2 rings (SSSR count). The highest BCUT2D eigenvalue weighted by Crippen LogP contribution is 2.30. The van der Waals surface area contributed by atoms with Crippen molar-refractivity contribution in [3.05, 3.63) is 29.3 Å². The summed E-state index contributed by atoms with van der Waals surface area (Å²) in [6, 6.07) is 5.79. The van der Waals surface area contributed by atoms with Gasteiger partial charge in [-0.1, -0.05) is 0 Å². The predicted octanol–water partition coefficient (Wildman–Crippen LogP) is 3.10. The van der Waals surface area contributed by atoms with Crippen molar-refractivity contribution < 1.29 is 4.74 Å². The van der Waals surface area contributed by atoms with Gasteiger partial charge in [0.1, 0.15) is 10.8 Å². The molecule has 0 amide bonds. The maximum absolute atomic E-state index is 5.90. The zero-order valence-electron chi connectivity index (χ0n) is 9.36. The average molecular weight is 234 g/mol. The molecule has 0 aliphatic carbocycles. The Hall–Kier alpha value is -1.55. The number of benzene rings is 1. The van der Waals surface area contributed by atoms with Crippen molar-refractivity contribution >= 4 is 17.0 Å². The number of hydrogen-bond donors (Lipinski definition) is 1. The van der Waals surface area contributed by atoms with Gasteiger partial charge in [0, 0.05) is 16.6 Å². The number of nitrogen functional groups attached to an aromatic ring is 1. The van der Waals surface area contributed by atoms with Crippen LogP contribution in [0.4, 0.5) is 5.69 Å². The molecule has 1 aromatic carbocycles. The molecule has 1 heterocycles. The van der Waals surface area contributed by atoms with E-state index in [-0.39, 0.29) is 0 Å². The molecule has 0 saturated heterocycles. The van der Waals surface area contributed by atoms with Crippen LogP contribution < -0.4 is 10.5 Å². The Morgan fingerprint density at radius 3 is 2.81 bits per heavy atom. The second-order valence-electron chi connectivity index (χ2n) is 3.48. The van der Waals surface area contributed by atoms with E-state index >= 15 is 0 Å². The largest absolute Gasteiger partial charge is 0.492 e. The van der Waals surface area contributed by atoms with Crippen LogP contribution in [0.5, 0.6) is 5.75 Å². The Morgan fingerprint density at radius 2 is 2.25 bits per heavy atom. The molecule has 2 N–H and O–H groups in total. The van der Waals surface area contributed by atoms with E-state index in [9.17, 15) is 0 Å². The van der Waals surface area contributed by atoms with Crippen LogP contribution in [0.2, 0.25) is 0 Å². The van der Waals surface area contributed by atoms with Crippen molar-refractivity contribution in [1.29, 1.82) is 0 Å². The fourth-order valence-corrected chi connectivity index (χ4v) is 2.25. The standard InChI is InChI=1S/C12H14N2OS/c1-3-15-11-5-4-9(6-10(11)13)12-14-8(2)7-16-12/h4-7H,3,13H2,1-2H3. The van der Waals surface area contributed by atoms with Crippen LogP contribution in [0.15, 0.2) is 23.6 Å². The van der Waals surface area contributed by atoms with E-state index < -0.39 is 0 Å². The van der Waals surface area contributed by atoms with Gasteiger partial charge < -0.3 is 10.5 Å². The maximum atomic E-state index is 5.90. The number of thiazole rings is 1. The molecule has 0 aliphatic rings. The van der Waals surface area contributed by atoms with Crippen molar-refractivity contribution in [2.75, 3.05) is 12.3 Å². The first-order valence-electron chi connectivity index (χ1n) is 5.15. The van der Waals surface area contributed by atoms with E-state index in [0.29, 0.717) is 12.3 Å². The van der Waals surface area contributed by atoms with Crippen molar-refractivity contribution in [2.45, 2.75) is 13.8 Å². The molecular weight excluding hydrogens is 220 g/mol. The second kappa shape index (κ2) is 4.53. The van der Waals surface area contributed by atoms with Crippen LogP contribution in [0.1, 0.15) is 12.6 Å². The molecule has 3 nitrogen and oxygen atoms in total. The summed E-state index contributed by atoms with van der Waals surface area (Å²) in [6.45, 7) is 4.55. The number of rotatable bonds is 3. The smallest absolute Gasteiger partial charge is 0.142 e. The lowest BCUT2D eigenvalue weighted by Gasteiger charge is -2.07. The minimum absolute atomic E-state index is 0.625. The molecule has 16 heavy (non-hydrogen) atoms. The summed E-state index contributed by atoms with van der Waals surface area (Å²) in [5.41, 5.74) is 8.64. The van der Waals surface area contributed by atoms with Gasteiger partial charge in [0.2, 0.25) is 0 Å². The van der Waals surface area contributed by atoms with Crippen LogP contribution >= 0.6 is 11.3 Å². The SMILES string of the molecule is CCOc1ccc(-c2nc(C)cs2)cc1N. The van der Waals surface area contributed by atoms with Gasteiger partial charge in [-0.2, -0.15) is 0 Å². The first kappa shape index (κ1) is 11.0. The number of aryl methyl sites for hydroxylation is 1. The average Bonchev–Trinajstić information content (AvgIpc) is 2.68. The van der Waals surface area contributed by atoms with Gasteiger partial charge in [-0.3, -0.25) is 0 Å². The minimum Gasteiger partial charge on any atom is -0.492 e. The highest BCUT2D eigenvalue weighted by Gasteiger charge is 2.06. The summed E-state index contributed by atoms with van der Waals surface area (Å²) in [5, 5.41) is 3.02. The van der Waals surface area contributed by atoms with Crippen LogP contribution in [0.3, 0.4) is 0 Å². The van der Waals surface area contributed by atoms with Crippen molar-refractivity contribution in [3.63, 3.8) is 0 Å². The number of nitrogens with two attached hydrogens (primary N) is 1. The van der Waals surface area contributed by atoms with Gasteiger partial charge in [0.25, 0.3) is 0 Å². The monoisotopic (exact) mass is 234 g/mol. The summed E-state index contributed by atoms with van der Waals surface area (Å²) < 4.78 is 5.39. The first-order chi connectivity index (χ1) is 7.70. The van der Waals surface area contributed by atoms with E-state index in [0.717, 1.165) is 22.0 Å². The lowest BCUT2D eigenvalue weighted by molar-refractivity contribution is 0.342. The molecule has 4 heteroatoms. The summed E-state index contributed by atoms with van der Waals surface area (Å²) >= 11 is 1.62. The summed E-state index contributed by atoms with van der Waals surface area (Å²) in [6.07, 6.45) is 0. The Balaban J connectivity index is 2.34. The van der Waals surface area contributed by atoms with E-state index in [1.165, 1.54) is 0 Å². The van der Waals surface area contributed by atoms with Gasteiger partial charge in [0.05, 0.1) is 12.3 Å². The number of nitrogens with zero attached hydrogens (tertiary/aromatic N) is 1. The maximum Gasteiger partial charge on any atom is 0.142 e. The summed E-state index contributed by atoms with van der Waals surface area (Å²) in [5.74, 6) is 0.736. The van der Waals surface area contributed by atoms with Gasteiger partial charge in [-0.05, 0) is 32.0 Å². The van der Waals surface area contributed by atoms with E-state index in [1.54, 1.807) is 11.3 Å². The summed E-state index contributed by atoms with van der Waals surface area (Å²) in [4.78, 5) is 4.42. The van der Waals surface area contributed by atoms with Gasteiger partial charge in [-0.15, -0.1) is 11.3 Å². The lowest BCUT2D eigenvalue weighted by Crippen LogP contribution is -1.96. The number of anilines is 1. The quantitative estimate of drug-likeness (QED) is 0.830. The molecule has 2 aromatic rings. The van der Waals surface area contributed by atoms with E-state index in [4.69, 9.17) is 10.5 Å². The normalized spacial score (nSPS) is 10.4. The van der Waals surface area contributed by atoms with Gasteiger partial charge in [-0.25, -0.2) is 4.98 Å². The molecular formula is C12H14N2OS. The van der Waals surface area contributed by atoms with Crippen molar-refractivity contribution in [3.8, 4) is 16.3 Å². The third-order valence-corrected chi connectivity index (χ3v) is 3.18. The fraction of sp³-hybridized carbons (Fsp3) is 0.250. The molecule has 1 aromatic heterocycles. The highest BCUT2D eigenvalue weighted by atomic mass is 32.1. The number of aromatic nitrogens is 1. The van der Waals surface area contributed by atoms with Crippen molar-refractivity contribution in [1.82, 2.24) is 4.98 Å². The predicted molar refractivity (Wildman–Crippen MR) is 67.9 cm³/mol. The highest BCUT2D eigenvalue weighted by molar-refractivity contribution is 7.13. The van der Waals surface area contributed by atoms with E-state index in [1.807, 2.05) is 37.4 Å². The third kappa shape index (κ3) is 2.17. The van der Waals surface area contributed by atoms with Crippen LogP contribution in [0, 0.1) is 6.92 Å². The zero-order chi connectivity index (χ0) is 11.5. The second-order valence-corrected chi connectivity index (χ2v) is 4.34. The molecule has 0 saturated carbocycles. The number of hydrogen-bond acceptors (Lipinski definition) is 4. The topological polar surface area (TPSA) is 48.1 Å². The van der Waals surface area contributed by atoms with E-state index in [2.05, 4.69) is 4.98 Å². The minimum atomic E-state index is 0.625. The zero-order valence-corrected chi connectivity index (χ0v) is 10.2. The number of ether oxygens (including phenoxy) is 1. The Bertz CT molecular complexity index is 494. The van der Waals surface area contributed by atoms with Crippen molar-refractivity contribution in [2.24, 2.45) is 0 Å². The Kier molecular flexibility index (Phi) is 3.10. The molecule has 0 atom stereocenters. The fourth-order valence-electron chi connectivity index (χ4n) is 1.45. The first-order valence-corrected chi connectivity index (χ1v) is 6.03. The molecule has 84 valence electrons. The summed E-state index contributed by atoms with van der Waals surface area (Å²) in [7, 11) is 0. The van der Waals surface area contributed by atoms with Crippen LogP contribution in [-0.2, 0) is 0 Å². The Labute approximate surface area is 98.9 Å². The molecule has 0 unspecified atom stereocenters. The molecule has 0 fully saturated rings. The molecule has 0 radical (unpaired) electrons. The van der Waals surface area contributed by atoms with Crippen LogP contribution in [-0.4, -0.2) is 11.6 Å². The van der Waals surface area contributed by atoms with Gasteiger partial charge >= 0.3 is 0 Å². The lowest BCUT2D eigenvalue weighted by atomic mass is 10.2. The molecule has 0 aliphatic heterocycles. The van der Waals surface area contributed by atoms with Crippen LogP contribution in [0.25, 0.3) is 10.6 Å².